The molecular weight excluding hydrogens is 803 g/mol. The molecule has 2 N–H and O–H groups in total. The van der Waals surface area contributed by atoms with Crippen molar-refractivity contribution in [2.24, 2.45) is 16.8 Å². The molecule has 5 heteroatoms. The minimum Gasteiger partial charge on any atom is -0.351 e. The molecule has 5 aliphatic carbocycles. The Bertz CT molecular complexity index is 3580. The summed E-state index contributed by atoms with van der Waals surface area (Å²) in [4.78, 5) is 5.46. The fraction of sp³-hybridized carbons (Fsp3) is 0.131. The summed E-state index contributed by atoms with van der Waals surface area (Å²) in [5, 5.41) is 12.9. The maximum Gasteiger partial charge on any atom is 0.129 e. The van der Waals surface area contributed by atoms with Gasteiger partial charge < -0.3 is 14.5 Å². The van der Waals surface area contributed by atoms with E-state index >= 15 is 0 Å². The number of amidine groups is 1. The average Bonchev–Trinajstić information content (AvgIpc) is 3.90. The van der Waals surface area contributed by atoms with Crippen LogP contribution in [-0.2, 0) is 6.42 Å². The molecule has 66 heavy (non-hydrogen) atoms. The summed E-state index contributed by atoms with van der Waals surface area (Å²) in [7, 11) is 0. The maximum absolute atomic E-state index is 5.46. The van der Waals surface area contributed by atoms with Gasteiger partial charge in [-0.15, -0.1) is 0 Å². The van der Waals surface area contributed by atoms with Crippen molar-refractivity contribution in [2.75, 3.05) is 0 Å². The van der Waals surface area contributed by atoms with Crippen molar-refractivity contribution in [2.45, 2.75) is 37.0 Å². The molecule has 0 amide bonds. The van der Waals surface area contributed by atoms with Crippen LogP contribution in [0.2, 0.25) is 0 Å². The van der Waals surface area contributed by atoms with Gasteiger partial charge in [0.2, 0.25) is 0 Å². The number of aromatic nitrogens is 2. The molecule has 2 aromatic heterocycles. The molecule has 0 radical (unpaired) electrons. The third-order valence-corrected chi connectivity index (χ3v) is 15.0. The number of rotatable bonds is 5. The summed E-state index contributed by atoms with van der Waals surface area (Å²) in [6, 6.07) is 49.3. The fourth-order valence-corrected chi connectivity index (χ4v) is 11.9. The fourth-order valence-electron chi connectivity index (χ4n) is 11.9. The molecule has 0 bridgehead atoms. The topological polar surface area (TPSA) is 46.3 Å². The molecule has 0 saturated carbocycles. The van der Waals surface area contributed by atoms with Crippen LogP contribution in [0.4, 0.5) is 0 Å². The van der Waals surface area contributed by atoms with Gasteiger partial charge in [0.05, 0.1) is 16.7 Å². The Morgan fingerprint density at radius 3 is 2.23 bits per heavy atom. The number of nitrogens with zero attached hydrogens (tertiary/aromatic N) is 3. The minimum absolute atomic E-state index is 0.180. The van der Waals surface area contributed by atoms with Crippen LogP contribution in [0.25, 0.3) is 62.2 Å². The monoisotopic (exact) mass is 849 g/mol. The highest BCUT2D eigenvalue weighted by molar-refractivity contribution is 6.14. The molecule has 0 saturated heterocycles. The Balaban J connectivity index is 0.931. The van der Waals surface area contributed by atoms with Gasteiger partial charge in [0.25, 0.3) is 0 Å². The van der Waals surface area contributed by atoms with Crippen LogP contribution < -0.4 is 10.6 Å². The normalized spacial score (nSPS) is 23.2. The van der Waals surface area contributed by atoms with Gasteiger partial charge in [-0.1, -0.05) is 158 Å². The summed E-state index contributed by atoms with van der Waals surface area (Å²) in [6.07, 6.45) is 31.8. The largest absolute Gasteiger partial charge is 0.351 e. The van der Waals surface area contributed by atoms with Crippen LogP contribution in [-0.4, -0.2) is 15.0 Å². The minimum atomic E-state index is -0.241. The van der Waals surface area contributed by atoms with E-state index in [0.29, 0.717) is 11.8 Å². The first kappa shape index (κ1) is 37.6. The molecule has 0 fully saturated rings. The molecule has 316 valence electrons. The molecule has 6 aromatic carbocycles. The van der Waals surface area contributed by atoms with Crippen LogP contribution in [0, 0.1) is 11.8 Å². The highest BCUT2D eigenvalue weighted by atomic mass is 15.3. The first-order valence-electron chi connectivity index (χ1n) is 23.6. The summed E-state index contributed by atoms with van der Waals surface area (Å²) in [6.45, 7) is 0. The predicted molar refractivity (Wildman–Crippen MR) is 273 cm³/mol. The van der Waals surface area contributed by atoms with E-state index in [2.05, 4.69) is 232 Å². The van der Waals surface area contributed by atoms with Crippen molar-refractivity contribution in [3.05, 3.63) is 245 Å². The summed E-state index contributed by atoms with van der Waals surface area (Å²) >= 11 is 0. The van der Waals surface area contributed by atoms with E-state index in [1.165, 1.54) is 77.5 Å². The number of aliphatic imine (C=N–C) groups is 1. The van der Waals surface area contributed by atoms with Crippen molar-refractivity contribution in [1.29, 1.82) is 0 Å². The number of fused-ring (bicyclic) bond motifs is 12. The van der Waals surface area contributed by atoms with Crippen molar-refractivity contribution < 1.29 is 0 Å². The molecule has 6 aliphatic rings. The molecule has 6 unspecified atom stereocenters. The smallest absolute Gasteiger partial charge is 0.129 e. The molecule has 5 nitrogen and oxygen atoms in total. The molecule has 3 heterocycles. The number of hydrogen-bond donors (Lipinski definition) is 2. The van der Waals surface area contributed by atoms with E-state index in [4.69, 9.17) is 4.99 Å². The van der Waals surface area contributed by atoms with Crippen molar-refractivity contribution >= 4 is 56.6 Å². The van der Waals surface area contributed by atoms with Crippen LogP contribution in [0.15, 0.2) is 205 Å². The van der Waals surface area contributed by atoms with E-state index in [0.717, 1.165) is 35.5 Å². The van der Waals surface area contributed by atoms with Gasteiger partial charge in [0, 0.05) is 57.1 Å². The quantitative estimate of drug-likeness (QED) is 0.181. The Kier molecular flexibility index (Phi) is 8.50. The number of benzene rings is 6. The third-order valence-electron chi connectivity index (χ3n) is 15.0. The lowest BCUT2D eigenvalue weighted by Gasteiger charge is -2.38. The number of nitrogens with one attached hydrogen (secondary N) is 2. The molecule has 1 aliphatic heterocycles. The van der Waals surface area contributed by atoms with E-state index in [1.807, 2.05) is 0 Å². The highest BCUT2D eigenvalue weighted by Gasteiger charge is 2.36. The second-order valence-corrected chi connectivity index (χ2v) is 18.6. The third kappa shape index (κ3) is 5.86. The molecular formula is C61H47N5. The van der Waals surface area contributed by atoms with Gasteiger partial charge in [-0.25, -0.2) is 4.99 Å². The van der Waals surface area contributed by atoms with Crippen LogP contribution >= 0.6 is 0 Å². The van der Waals surface area contributed by atoms with Crippen molar-refractivity contribution in [3.63, 3.8) is 0 Å². The standard InChI is InChI=1S/C61H47N5/c1-2-16-39(17-3-1)59-62-60(64-61(63-59)53-35-42-20-7-8-23-46(42)48-25-10-11-26-49(48)53)43-21-14-22-44(33-43)66-56-36-41-19-5-4-18-40(41)34-52(56)50-31-30-45(37-57(50)66)65-54-28-13-12-27-51(54)58-47-24-9-6-15-38(47)29-32-55(58)65/h1-11,13-26,28-38,47-49,59-60,62H,12,27H2,(H,63,64). The molecule has 14 rings (SSSR count). The van der Waals surface area contributed by atoms with E-state index in [-0.39, 0.29) is 24.2 Å². The van der Waals surface area contributed by atoms with Crippen LogP contribution in [0.5, 0.6) is 0 Å². The van der Waals surface area contributed by atoms with E-state index in [1.54, 1.807) is 0 Å². The summed E-state index contributed by atoms with van der Waals surface area (Å²) in [5.41, 5.74) is 16.4. The zero-order valence-electron chi connectivity index (χ0n) is 36.4. The Morgan fingerprint density at radius 2 is 1.32 bits per heavy atom. The second kappa shape index (κ2) is 14.9. The Hall–Kier alpha value is -7.73. The van der Waals surface area contributed by atoms with Gasteiger partial charge in [-0.2, -0.15) is 0 Å². The highest BCUT2D eigenvalue weighted by Crippen LogP contribution is 2.47. The summed E-state index contributed by atoms with van der Waals surface area (Å²) in [5.74, 6) is 2.12. The zero-order valence-corrected chi connectivity index (χ0v) is 36.4. The predicted octanol–water partition coefficient (Wildman–Crippen LogP) is 13.8. The molecule has 8 aromatic rings. The average molecular weight is 850 g/mol. The van der Waals surface area contributed by atoms with Gasteiger partial charge in [0.1, 0.15) is 18.2 Å². The van der Waals surface area contributed by atoms with Crippen LogP contribution in [0.1, 0.15) is 75.4 Å². The molecule has 0 spiro atoms. The number of hydrogen-bond acceptors (Lipinski definition) is 3. The van der Waals surface area contributed by atoms with Gasteiger partial charge >= 0.3 is 0 Å². The Morgan fingerprint density at radius 1 is 0.561 bits per heavy atom. The van der Waals surface area contributed by atoms with Crippen molar-refractivity contribution in [3.8, 4) is 11.4 Å². The molecule has 6 atom stereocenters. The van der Waals surface area contributed by atoms with E-state index < -0.39 is 0 Å². The van der Waals surface area contributed by atoms with Gasteiger partial charge in [-0.3, -0.25) is 5.32 Å². The lowest BCUT2D eigenvalue weighted by Crippen LogP contribution is -2.46. The first-order valence-corrected chi connectivity index (χ1v) is 23.6. The van der Waals surface area contributed by atoms with E-state index in [9.17, 15) is 0 Å². The maximum atomic E-state index is 5.46. The number of allylic oxidation sites excluding steroid dienone is 10. The van der Waals surface area contributed by atoms with Gasteiger partial charge in [0.15, 0.2) is 0 Å². The zero-order chi connectivity index (χ0) is 43.3. The SMILES string of the molecule is C1=CC2C=Cc3c(c4c(n3-c3ccc5c6cc7ccccc7cc6n(-c6cccc(C7NC(C8=Cc9ccccc9C9C=CC=CC89)=NC(c8ccccc8)N7)c6)c5c3)C=CCC4)C2C=C1. The lowest BCUT2D eigenvalue weighted by atomic mass is 9.72. The Labute approximate surface area is 384 Å². The first-order chi connectivity index (χ1) is 32.7. The second-order valence-electron chi connectivity index (χ2n) is 18.6. The van der Waals surface area contributed by atoms with Crippen molar-refractivity contribution in [1.82, 2.24) is 19.8 Å². The van der Waals surface area contributed by atoms with Crippen LogP contribution in [0.3, 0.4) is 0 Å². The lowest BCUT2D eigenvalue weighted by molar-refractivity contribution is 0.406. The van der Waals surface area contributed by atoms with Gasteiger partial charge in [-0.05, 0) is 112 Å². The summed E-state index contributed by atoms with van der Waals surface area (Å²) < 4.78 is 5.04.